The number of hydrogen-bond acceptors (Lipinski definition) is 2. The molecule has 0 radical (unpaired) electrons. The predicted molar refractivity (Wildman–Crippen MR) is 66.1 cm³/mol. The Morgan fingerprint density at radius 3 is 2.94 bits per heavy atom. The lowest BCUT2D eigenvalue weighted by Crippen LogP contribution is -2.16. The summed E-state index contributed by atoms with van der Waals surface area (Å²) in [6, 6.07) is 0.705. The van der Waals surface area contributed by atoms with Gasteiger partial charge in [0.05, 0.1) is 12.0 Å². The maximum absolute atomic E-state index is 5.97. The van der Waals surface area contributed by atoms with Gasteiger partial charge >= 0.3 is 0 Å². The summed E-state index contributed by atoms with van der Waals surface area (Å²) >= 11 is 0. The minimum atomic E-state index is 0.0863. The van der Waals surface area contributed by atoms with Gasteiger partial charge < -0.3 is 10.3 Å². The maximum atomic E-state index is 5.97. The van der Waals surface area contributed by atoms with Gasteiger partial charge in [-0.25, -0.2) is 4.98 Å². The van der Waals surface area contributed by atoms with Crippen LogP contribution in [0.25, 0.3) is 0 Å². The Bertz CT molecular complexity index is 330. The first-order chi connectivity index (χ1) is 7.68. The largest absolute Gasteiger partial charge is 0.330 e. The van der Waals surface area contributed by atoms with E-state index < -0.39 is 0 Å². The molecule has 3 heteroatoms. The van der Waals surface area contributed by atoms with Crippen molar-refractivity contribution in [3.05, 3.63) is 18.2 Å². The second kappa shape index (κ2) is 5.00. The van der Waals surface area contributed by atoms with E-state index in [2.05, 4.69) is 16.5 Å². The zero-order valence-corrected chi connectivity index (χ0v) is 10.4. The van der Waals surface area contributed by atoms with Crippen LogP contribution in [0, 0.1) is 5.92 Å². The summed E-state index contributed by atoms with van der Waals surface area (Å²) in [6.07, 6.45) is 10.5. The van der Waals surface area contributed by atoms with Crippen molar-refractivity contribution in [2.45, 2.75) is 58.0 Å². The van der Waals surface area contributed by atoms with Gasteiger partial charge in [0.2, 0.25) is 0 Å². The molecule has 0 bridgehead atoms. The molecule has 90 valence electrons. The van der Waals surface area contributed by atoms with Crippen LogP contribution in [0.1, 0.15) is 63.7 Å². The van der Waals surface area contributed by atoms with E-state index in [0.717, 1.165) is 5.92 Å². The summed E-state index contributed by atoms with van der Waals surface area (Å²) in [7, 11) is 0. The van der Waals surface area contributed by atoms with Crippen molar-refractivity contribution in [2.75, 3.05) is 0 Å². The lowest BCUT2D eigenvalue weighted by molar-refractivity contribution is 0.416. The first-order valence-corrected chi connectivity index (χ1v) is 6.45. The summed E-state index contributed by atoms with van der Waals surface area (Å²) in [6.45, 7) is 4.40. The molecule has 0 aromatic carbocycles. The van der Waals surface area contributed by atoms with Gasteiger partial charge in [0.1, 0.15) is 0 Å². The highest BCUT2D eigenvalue weighted by Crippen LogP contribution is 2.31. The molecule has 3 atom stereocenters. The van der Waals surface area contributed by atoms with Crippen molar-refractivity contribution in [3.63, 3.8) is 0 Å². The van der Waals surface area contributed by atoms with Gasteiger partial charge in [0, 0.05) is 18.3 Å². The Morgan fingerprint density at radius 1 is 1.38 bits per heavy atom. The van der Waals surface area contributed by atoms with E-state index >= 15 is 0 Å². The van der Waals surface area contributed by atoms with Crippen molar-refractivity contribution in [3.8, 4) is 0 Å². The second-order valence-electron chi connectivity index (χ2n) is 5.28. The molecule has 16 heavy (non-hydrogen) atoms. The average Bonchev–Trinajstić information content (AvgIpc) is 2.63. The molecule has 2 rings (SSSR count). The highest BCUT2D eigenvalue weighted by Gasteiger charge is 2.20. The fourth-order valence-electron chi connectivity index (χ4n) is 2.72. The van der Waals surface area contributed by atoms with Crippen LogP contribution >= 0.6 is 0 Å². The van der Waals surface area contributed by atoms with Crippen LogP contribution in [0.2, 0.25) is 0 Å². The Labute approximate surface area is 98.1 Å². The monoisotopic (exact) mass is 221 g/mol. The van der Waals surface area contributed by atoms with Crippen LogP contribution in [0.5, 0.6) is 0 Å². The Morgan fingerprint density at radius 2 is 2.19 bits per heavy atom. The van der Waals surface area contributed by atoms with Gasteiger partial charge in [-0.2, -0.15) is 0 Å². The zero-order chi connectivity index (χ0) is 11.5. The van der Waals surface area contributed by atoms with Gasteiger partial charge in [-0.3, -0.25) is 0 Å². The van der Waals surface area contributed by atoms with Crippen molar-refractivity contribution < 1.29 is 0 Å². The van der Waals surface area contributed by atoms with Crippen molar-refractivity contribution >= 4 is 0 Å². The Kier molecular flexibility index (Phi) is 3.64. The van der Waals surface area contributed by atoms with Gasteiger partial charge in [0.25, 0.3) is 0 Å². The molecule has 1 aliphatic rings. The van der Waals surface area contributed by atoms with E-state index in [1.807, 2.05) is 19.4 Å². The minimum absolute atomic E-state index is 0.0863. The third-order valence-corrected chi connectivity index (χ3v) is 3.78. The number of nitrogens with zero attached hydrogens (tertiary/aromatic N) is 2. The molecule has 2 N–H and O–H groups in total. The molecular weight excluding hydrogens is 198 g/mol. The van der Waals surface area contributed by atoms with Crippen LogP contribution in [-0.2, 0) is 0 Å². The number of hydrogen-bond donors (Lipinski definition) is 1. The third-order valence-electron chi connectivity index (χ3n) is 3.78. The number of imidazole rings is 1. The molecule has 0 amide bonds. The molecule has 0 spiro atoms. The molecular formula is C13H23N3. The topological polar surface area (TPSA) is 43.8 Å². The fraction of sp³-hybridized carbons (Fsp3) is 0.769. The Balaban J connectivity index is 2.13. The average molecular weight is 221 g/mol. The molecule has 0 saturated heterocycles. The first kappa shape index (κ1) is 11.6. The summed E-state index contributed by atoms with van der Waals surface area (Å²) in [5, 5.41) is 0. The summed E-state index contributed by atoms with van der Waals surface area (Å²) in [4.78, 5) is 4.25. The molecule has 1 saturated carbocycles. The van der Waals surface area contributed by atoms with E-state index in [4.69, 9.17) is 5.73 Å². The van der Waals surface area contributed by atoms with Gasteiger partial charge in [-0.1, -0.05) is 19.8 Å². The predicted octanol–water partition coefficient (Wildman–Crippen LogP) is 3.04. The number of nitrogens with two attached hydrogens (primary N) is 1. The third kappa shape index (κ3) is 2.46. The molecule has 1 heterocycles. The first-order valence-electron chi connectivity index (χ1n) is 6.45. The normalized spacial score (nSPS) is 28.7. The van der Waals surface area contributed by atoms with Crippen LogP contribution < -0.4 is 5.73 Å². The van der Waals surface area contributed by atoms with E-state index in [9.17, 15) is 0 Å². The summed E-state index contributed by atoms with van der Waals surface area (Å²) < 4.78 is 2.31. The molecule has 2 unspecified atom stereocenters. The zero-order valence-electron chi connectivity index (χ0n) is 10.4. The van der Waals surface area contributed by atoms with Crippen molar-refractivity contribution in [1.29, 1.82) is 0 Å². The quantitative estimate of drug-likeness (QED) is 0.780. The van der Waals surface area contributed by atoms with Crippen LogP contribution in [0.15, 0.2) is 12.5 Å². The minimum Gasteiger partial charge on any atom is -0.330 e. The van der Waals surface area contributed by atoms with E-state index in [1.165, 1.54) is 37.8 Å². The highest BCUT2D eigenvalue weighted by molar-refractivity contribution is 5.05. The summed E-state index contributed by atoms with van der Waals surface area (Å²) in [5.74, 6) is 0.882. The molecule has 1 fully saturated rings. The molecule has 1 aromatic rings. The van der Waals surface area contributed by atoms with E-state index in [-0.39, 0.29) is 6.04 Å². The maximum Gasteiger partial charge on any atom is 0.0951 e. The van der Waals surface area contributed by atoms with Crippen LogP contribution in [0.3, 0.4) is 0 Å². The lowest BCUT2D eigenvalue weighted by atomic mass is 10.0. The van der Waals surface area contributed by atoms with Crippen LogP contribution in [-0.4, -0.2) is 9.55 Å². The Hall–Kier alpha value is -0.830. The van der Waals surface area contributed by atoms with Gasteiger partial charge in [0.15, 0.2) is 0 Å². The van der Waals surface area contributed by atoms with Gasteiger partial charge in [-0.15, -0.1) is 0 Å². The SMILES string of the molecule is CC1CCCC(n2cncc2[C@@H](C)N)CC1. The van der Waals surface area contributed by atoms with Crippen LogP contribution in [0.4, 0.5) is 0 Å². The molecule has 1 aromatic heterocycles. The highest BCUT2D eigenvalue weighted by atomic mass is 15.1. The van der Waals surface area contributed by atoms with E-state index in [0.29, 0.717) is 6.04 Å². The number of aromatic nitrogens is 2. The fourth-order valence-corrected chi connectivity index (χ4v) is 2.72. The molecule has 3 nitrogen and oxygen atoms in total. The van der Waals surface area contributed by atoms with E-state index in [1.54, 1.807) is 0 Å². The van der Waals surface area contributed by atoms with Crippen molar-refractivity contribution in [2.24, 2.45) is 11.7 Å². The smallest absolute Gasteiger partial charge is 0.0951 e. The van der Waals surface area contributed by atoms with Crippen molar-refractivity contribution in [1.82, 2.24) is 9.55 Å². The molecule has 0 aliphatic heterocycles. The standard InChI is InChI=1S/C13H23N3/c1-10-4-3-5-12(7-6-10)16-9-15-8-13(16)11(2)14/h8-12H,3-7,14H2,1-2H3/t10?,11-,12?/m1/s1. The second-order valence-corrected chi connectivity index (χ2v) is 5.28. The van der Waals surface area contributed by atoms with Gasteiger partial charge in [-0.05, 0) is 32.1 Å². The summed E-state index contributed by atoms with van der Waals surface area (Å²) in [5.41, 5.74) is 7.15. The lowest BCUT2D eigenvalue weighted by Gasteiger charge is -2.20. The number of rotatable bonds is 2. The molecule has 1 aliphatic carbocycles.